The zero-order valence-electron chi connectivity index (χ0n) is 28.0. The average molecular weight is 599 g/mol. The minimum Gasteiger partial charge on any atom is -0.485 e. The molecule has 0 aliphatic heterocycles. The fourth-order valence-corrected chi connectivity index (χ4v) is 5.10. The highest BCUT2D eigenvalue weighted by molar-refractivity contribution is 5.90. The van der Waals surface area contributed by atoms with Crippen LogP contribution in [0, 0.1) is 0 Å². The van der Waals surface area contributed by atoms with Crippen molar-refractivity contribution in [2.75, 3.05) is 18.5 Å². The van der Waals surface area contributed by atoms with E-state index in [4.69, 9.17) is 9.47 Å². The van der Waals surface area contributed by atoms with Crippen LogP contribution in [-0.2, 0) is 13.1 Å². The summed E-state index contributed by atoms with van der Waals surface area (Å²) in [6, 6.07) is 16.6. The molecule has 0 aliphatic rings. The molecule has 3 rings (SSSR count). The van der Waals surface area contributed by atoms with E-state index in [1.807, 2.05) is 42.7 Å². The fraction of sp³-hybridized carbons (Fsp3) is 0.462. The van der Waals surface area contributed by atoms with Gasteiger partial charge in [0.15, 0.2) is 5.75 Å². The van der Waals surface area contributed by atoms with E-state index in [9.17, 15) is 4.79 Å². The maximum Gasteiger partial charge on any atom is 0.297 e. The molecule has 5 heteroatoms. The van der Waals surface area contributed by atoms with Crippen LogP contribution < -0.4 is 20.3 Å². The van der Waals surface area contributed by atoms with Gasteiger partial charge in [0.1, 0.15) is 13.2 Å². The Morgan fingerprint density at radius 2 is 1.48 bits per heavy atom. The maximum atomic E-state index is 14.2. The number of aromatic nitrogens is 1. The molecule has 0 saturated carbocycles. The molecular weight excluding hydrogens is 544 g/mol. The summed E-state index contributed by atoms with van der Waals surface area (Å²) in [5, 5.41) is 4.43. The molecule has 0 atom stereocenters. The van der Waals surface area contributed by atoms with Crippen LogP contribution in [0.4, 0.5) is 5.69 Å². The Labute approximate surface area is 265 Å². The third kappa shape index (κ3) is 11.4. The Balaban J connectivity index is 1.99. The largest absolute Gasteiger partial charge is 0.485 e. The van der Waals surface area contributed by atoms with Crippen molar-refractivity contribution in [2.24, 2.45) is 0 Å². The van der Waals surface area contributed by atoms with Crippen LogP contribution in [0.2, 0.25) is 0 Å². The SMILES string of the molecule is CCCCCCCCn1c(=O)c(OCC=C(C)CCC=C(C)C)c(OCC=C(C)C)c2ccc(NCc3ccccc3)cc21. The summed E-state index contributed by atoms with van der Waals surface area (Å²) in [6.45, 7) is 14.7. The van der Waals surface area contributed by atoms with E-state index in [1.165, 1.54) is 42.4 Å². The van der Waals surface area contributed by atoms with Gasteiger partial charge in [-0.3, -0.25) is 4.79 Å². The summed E-state index contributed by atoms with van der Waals surface area (Å²) in [4.78, 5) is 14.2. The number of hydrogen-bond acceptors (Lipinski definition) is 4. The molecule has 1 aromatic heterocycles. The molecule has 0 radical (unpaired) electrons. The van der Waals surface area contributed by atoms with Gasteiger partial charge in [0.05, 0.1) is 5.52 Å². The number of allylic oxidation sites excluding steroid dienone is 4. The molecule has 0 amide bonds. The summed E-state index contributed by atoms with van der Waals surface area (Å²) >= 11 is 0. The van der Waals surface area contributed by atoms with E-state index in [1.54, 1.807) is 0 Å². The van der Waals surface area contributed by atoms with Crippen molar-refractivity contribution in [3.8, 4) is 11.5 Å². The van der Waals surface area contributed by atoms with E-state index in [-0.39, 0.29) is 5.56 Å². The number of anilines is 1. The summed E-state index contributed by atoms with van der Waals surface area (Å²) in [7, 11) is 0. The molecule has 0 saturated heterocycles. The lowest BCUT2D eigenvalue weighted by atomic mass is 10.1. The van der Waals surface area contributed by atoms with E-state index in [2.05, 4.69) is 75.5 Å². The molecule has 5 nitrogen and oxygen atoms in total. The number of aryl methyl sites for hydroxylation is 1. The van der Waals surface area contributed by atoms with E-state index < -0.39 is 0 Å². The lowest BCUT2D eigenvalue weighted by Crippen LogP contribution is -2.24. The van der Waals surface area contributed by atoms with Gasteiger partial charge in [-0.2, -0.15) is 0 Å². The zero-order valence-corrected chi connectivity index (χ0v) is 28.0. The summed E-state index contributed by atoms with van der Waals surface area (Å²) in [5.41, 5.74) is 6.65. The zero-order chi connectivity index (χ0) is 31.7. The molecule has 3 aromatic rings. The topological polar surface area (TPSA) is 52.5 Å². The molecular formula is C39H54N2O3. The van der Waals surface area contributed by atoms with Crippen molar-refractivity contribution in [3.05, 3.63) is 99.4 Å². The smallest absolute Gasteiger partial charge is 0.297 e. The number of rotatable bonds is 19. The van der Waals surface area contributed by atoms with E-state index >= 15 is 0 Å². The van der Waals surface area contributed by atoms with Gasteiger partial charge < -0.3 is 19.4 Å². The van der Waals surface area contributed by atoms with Crippen LogP contribution in [-0.4, -0.2) is 17.8 Å². The van der Waals surface area contributed by atoms with Gasteiger partial charge in [-0.25, -0.2) is 0 Å². The Hall–Kier alpha value is -3.73. The predicted molar refractivity (Wildman–Crippen MR) is 188 cm³/mol. The van der Waals surface area contributed by atoms with Gasteiger partial charge in [-0.1, -0.05) is 92.2 Å². The third-order valence-electron chi connectivity index (χ3n) is 7.72. The van der Waals surface area contributed by atoms with E-state index in [0.29, 0.717) is 37.8 Å². The first-order chi connectivity index (χ1) is 21.3. The summed E-state index contributed by atoms with van der Waals surface area (Å²) < 4.78 is 14.5. The van der Waals surface area contributed by atoms with Gasteiger partial charge in [0, 0.05) is 24.2 Å². The highest BCUT2D eigenvalue weighted by atomic mass is 16.5. The number of hydrogen-bond donors (Lipinski definition) is 1. The van der Waals surface area contributed by atoms with Crippen molar-refractivity contribution >= 4 is 16.6 Å². The number of unbranched alkanes of at least 4 members (excludes halogenated alkanes) is 5. The third-order valence-corrected chi connectivity index (χ3v) is 7.72. The molecule has 0 aliphatic carbocycles. The standard InChI is InChI=1S/C39H54N2O3/c1-7-8-9-10-11-15-25-41-36-28-34(40-29-33-19-13-12-14-20-33)21-22-35(36)37(43-26-23-31(4)5)38(39(41)42)44-27-24-32(6)18-16-17-30(2)3/h12-14,17,19-24,28,40H,7-11,15-16,18,25-27,29H2,1-6H3. The Morgan fingerprint density at radius 3 is 2.20 bits per heavy atom. The highest BCUT2D eigenvalue weighted by Crippen LogP contribution is 2.35. The number of nitrogens with one attached hydrogen (secondary N) is 1. The molecule has 0 spiro atoms. The Morgan fingerprint density at radius 1 is 0.795 bits per heavy atom. The monoisotopic (exact) mass is 598 g/mol. The van der Waals surface area contributed by atoms with E-state index in [0.717, 1.165) is 47.8 Å². The Kier molecular flexibility index (Phi) is 14.9. The molecule has 0 bridgehead atoms. The van der Waals surface area contributed by atoms with Crippen molar-refractivity contribution < 1.29 is 9.47 Å². The van der Waals surface area contributed by atoms with Gasteiger partial charge in [-0.15, -0.1) is 0 Å². The summed E-state index contributed by atoms with van der Waals surface area (Å²) in [6.07, 6.45) is 15.3. The van der Waals surface area contributed by atoms with Gasteiger partial charge in [-0.05, 0) is 89.8 Å². The van der Waals surface area contributed by atoms with Gasteiger partial charge >= 0.3 is 0 Å². The minimum absolute atomic E-state index is 0.130. The molecule has 1 N–H and O–H groups in total. The fourth-order valence-electron chi connectivity index (χ4n) is 5.10. The second-order valence-electron chi connectivity index (χ2n) is 12.2. The normalized spacial score (nSPS) is 11.4. The lowest BCUT2D eigenvalue weighted by molar-refractivity contribution is 0.303. The lowest BCUT2D eigenvalue weighted by Gasteiger charge is -2.19. The first kappa shape index (κ1) is 34.8. The molecule has 238 valence electrons. The molecule has 1 heterocycles. The van der Waals surface area contributed by atoms with Crippen LogP contribution in [0.25, 0.3) is 10.9 Å². The van der Waals surface area contributed by atoms with Crippen LogP contribution in [0.5, 0.6) is 11.5 Å². The van der Waals surface area contributed by atoms with Crippen LogP contribution in [0.1, 0.15) is 98.5 Å². The van der Waals surface area contributed by atoms with Crippen molar-refractivity contribution in [2.45, 2.75) is 106 Å². The molecule has 0 unspecified atom stereocenters. The van der Waals surface area contributed by atoms with Crippen LogP contribution >= 0.6 is 0 Å². The minimum atomic E-state index is -0.130. The summed E-state index contributed by atoms with van der Waals surface area (Å²) in [5.74, 6) is 0.816. The second-order valence-corrected chi connectivity index (χ2v) is 12.2. The Bertz CT molecular complexity index is 1460. The van der Waals surface area contributed by atoms with Crippen molar-refractivity contribution in [1.29, 1.82) is 0 Å². The first-order valence-electron chi connectivity index (χ1n) is 16.5. The second kappa shape index (κ2) is 18.8. The molecule has 44 heavy (non-hydrogen) atoms. The highest BCUT2D eigenvalue weighted by Gasteiger charge is 2.20. The number of fused-ring (bicyclic) bond motifs is 1. The van der Waals surface area contributed by atoms with Crippen LogP contribution in [0.15, 0.2) is 88.3 Å². The molecule has 0 fully saturated rings. The quantitative estimate of drug-likeness (QED) is 0.110. The number of ether oxygens (including phenoxy) is 2. The number of benzene rings is 2. The average Bonchev–Trinajstić information content (AvgIpc) is 3.00. The van der Waals surface area contributed by atoms with Crippen molar-refractivity contribution in [1.82, 2.24) is 4.57 Å². The number of pyridine rings is 1. The van der Waals surface area contributed by atoms with Gasteiger partial charge in [0.2, 0.25) is 5.75 Å². The predicted octanol–water partition coefficient (Wildman–Crippen LogP) is 10.4. The first-order valence-corrected chi connectivity index (χ1v) is 16.5. The maximum absolute atomic E-state index is 14.2. The van der Waals surface area contributed by atoms with Gasteiger partial charge in [0.25, 0.3) is 5.56 Å². The number of nitrogens with zero attached hydrogens (tertiary/aromatic N) is 1. The molecule has 2 aromatic carbocycles. The van der Waals surface area contributed by atoms with Crippen LogP contribution in [0.3, 0.4) is 0 Å². The van der Waals surface area contributed by atoms with Crippen molar-refractivity contribution in [3.63, 3.8) is 0 Å².